The van der Waals surface area contributed by atoms with Gasteiger partial charge in [-0.05, 0) is 37.3 Å². The highest BCUT2D eigenvalue weighted by atomic mass is 35.5. The van der Waals surface area contributed by atoms with E-state index in [0.29, 0.717) is 0 Å². The third-order valence-electron chi connectivity index (χ3n) is 4.12. The summed E-state index contributed by atoms with van der Waals surface area (Å²) in [4.78, 5) is 61.0. The predicted octanol–water partition coefficient (Wildman–Crippen LogP) is 1.88. The second kappa shape index (κ2) is 7.72. The minimum atomic E-state index is -1.31. The lowest BCUT2D eigenvalue weighted by atomic mass is 10.1. The molecule has 5 amide bonds. The normalized spacial score (nSPS) is 13.7. The number of imide groups is 2. The first-order chi connectivity index (χ1) is 13.7. The molecule has 1 heterocycles. The van der Waals surface area contributed by atoms with Gasteiger partial charge in [-0.2, -0.15) is 0 Å². The molecular formula is C19H14ClN3O6. The fourth-order valence-corrected chi connectivity index (χ4v) is 2.95. The summed E-state index contributed by atoms with van der Waals surface area (Å²) in [6.07, 6.45) is -1.31. The molecule has 1 aliphatic rings. The Balaban J connectivity index is 1.85. The summed E-state index contributed by atoms with van der Waals surface area (Å²) >= 11 is 6.09. The molecule has 2 aromatic carbocycles. The number of benzene rings is 2. The molecule has 148 valence electrons. The highest BCUT2D eigenvalue weighted by Gasteiger charge is 2.38. The summed E-state index contributed by atoms with van der Waals surface area (Å²) < 4.78 is 4.96. The van der Waals surface area contributed by atoms with Crippen molar-refractivity contribution in [3.63, 3.8) is 0 Å². The Morgan fingerprint density at radius 1 is 1.07 bits per heavy atom. The minimum Gasteiger partial charge on any atom is -0.449 e. The molecule has 1 atom stereocenters. The van der Waals surface area contributed by atoms with Gasteiger partial charge in [0.1, 0.15) is 0 Å². The summed E-state index contributed by atoms with van der Waals surface area (Å²) in [6, 6.07) is 9.09. The third-order valence-corrected chi connectivity index (χ3v) is 4.43. The van der Waals surface area contributed by atoms with Crippen LogP contribution < -0.4 is 16.0 Å². The zero-order valence-corrected chi connectivity index (χ0v) is 15.7. The average Bonchev–Trinajstić information content (AvgIpc) is 2.92. The van der Waals surface area contributed by atoms with E-state index in [-0.39, 0.29) is 27.4 Å². The van der Waals surface area contributed by atoms with Crippen LogP contribution in [0.15, 0.2) is 42.5 Å². The van der Waals surface area contributed by atoms with Crippen molar-refractivity contribution in [2.45, 2.75) is 13.0 Å². The number of halogens is 1. The van der Waals surface area contributed by atoms with Gasteiger partial charge in [0.05, 0.1) is 27.4 Å². The van der Waals surface area contributed by atoms with Crippen LogP contribution in [0, 0.1) is 0 Å². The molecule has 9 nitrogen and oxygen atoms in total. The van der Waals surface area contributed by atoms with E-state index in [0.717, 1.165) is 4.90 Å². The Kier molecular flexibility index (Phi) is 5.33. The van der Waals surface area contributed by atoms with Gasteiger partial charge in [0.25, 0.3) is 17.7 Å². The topological polar surface area (TPSA) is 136 Å². The number of hydrogen-bond acceptors (Lipinski definition) is 6. The number of urea groups is 1. The number of nitrogens with two attached hydrogens (primary N) is 1. The first kappa shape index (κ1) is 20.0. The van der Waals surface area contributed by atoms with E-state index in [2.05, 4.69) is 0 Å². The Morgan fingerprint density at radius 3 is 2.38 bits per heavy atom. The highest BCUT2D eigenvalue weighted by Crippen LogP contribution is 2.33. The molecule has 1 aliphatic heterocycles. The molecule has 0 fully saturated rings. The van der Waals surface area contributed by atoms with Gasteiger partial charge in [-0.25, -0.2) is 14.5 Å². The molecule has 0 bridgehead atoms. The van der Waals surface area contributed by atoms with Crippen LogP contribution in [0.25, 0.3) is 0 Å². The van der Waals surface area contributed by atoms with Gasteiger partial charge in [0.15, 0.2) is 6.10 Å². The SMILES string of the molecule is C[C@@H](OC(=O)c1ccc2c(c1)C(=O)N(c1ccccc1Cl)C2=O)C(=O)NC(N)=O. The average molecular weight is 416 g/mol. The molecule has 0 radical (unpaired) electrons. The number of carbonyl (C=O) groups is 5. The number of esters is 1. The van der Waals surface area contributed by atoms with Crippen LogP contribution in [0.5, 0.6) is 0 Å². The molecule has 0 aromatic heterocycles. The quantitative estimate of drug-likeness (QED) is 0.578. The lowest BCUT2D eigenvalue weighted by Gasteiger charge is -2.15. The molecule has 29 heavy (non-hydrogen) atoms. The van der Waals surface area contributed by atoms with Crippen molar-refractivity contribution in [1.29, 1.82) is 0 Å². The zero-order valence-electron chi connectivity index (χ0n) is 15.0. The maximum Gasteiger partial charge on any atom is 0.338 e. The van der Waals surface area contributed by atoms with E-state index in [1.54, 1.807) is 23.5 Å². The fraction of sp³-hybridized carbons (Fsp3) is 0.105. The van der Waals surface area contributed by atoms with Crippen molar-refractivity contribution in [1.82, 2.24) is 5.32 Å². The van der Waals surface area contributed by atoms with E-state index in [9.17, 15) is 24.0 Å². The molecule has 0 spiro atoms. The van der Waals surface area contributed by atoms with Crippen molar-refractivity contribution >= 4 is 47.0 Å². The summed E-state index contributed by atoms with van der Waals surface area (Å²) in [5.41, 5.74) is 5.11. The number of hydrogen-bond donors (Lipinski definition) is 2. The van der Waals surface area contributed by atoms with Gasteiger partial charge < -0.3 is 10.5 Å². The first-order valence-electron chi connectivity index (χ1n) is 8.29. The highest BCUT2D eigenvalue weighted by molar-refractivity contribution is 6.39. The number of amides is 5. The molecular weight excluding hydrogens is 402 g/mol. The monoisotopic (exact) mass is 415 g/mol. The number of primary amides is 1. The van der Waals surface area contributed by atoms with Crippen LogP contribution in [-0.2, 0) is 9.53 Å². The first-order valence-corrected chi connectivity index (χ1v) is 8.67. The van der Waals surface area contributed by atoms with E-state index in [4.69, 9.17) is 22.1 Å². The van der Waals surface area contributed by atoms with Crippen molar-refractivity contribution in [2.75, 3.05) is 4.90 Å². The predicted molar refractivity (Wildman–Crippen MR) is 102 cm³/mol. The summed E-state index contributed by atoms with van der Waals surface area (Å²) in [7, 11) is 0. The Bertz CT molecular complexity index is 1070. The second-order valence-corrected chi connectivity index (χ2v) is 6.47. The zero-order chi connectivity index (χ0) is 21.3. The summed E-state index contributed by atoms with van der Waals surface area (Å²) in [6.45, 7) is 1.25. The largest absolute Gasteiger partial charge is 0.449 e. The van der Waals surface area contributed by atoms with Crippen LogP contribution >= 0.6 is 11.6 Å². The number of anilines is 1. The Morgan fingerprint density at radius 2 is 1.72 bits per heavy atom. The fourth-order valence-electron chi connectivity index (χ4n) is 2.72. The number of nitrogens with one attached hydrogen (secondary N) is 1. The van der Waals surface area contributed by atoms with Gasteiger partial charge in [-0.3, -0.25) is 19.7 Å². The van der Waals surface area contributed by atoms with Crippen molar-refractivity contribution in [2.24, 2.45) is 5.73 Å². The number of rotatable bonds is 4. The number of nitrogens with zero attached hydrogens (tertiary/aromatic N) is 1. The third kappa shape index (κ3) is 3.81. The van der Waals surface area contributed by atoms with Gasteiger partial charge in [0.2, 0.25) is 0 Å². The lowest BCUT2D eigenvalue weighted by molar-refractivity contribution is -0.127. The molecule has 0 unspecified atom stereocenters. The van der Waals surface area contributed by atoms with Crippen LogP contribution in [0.2, 0.25) is 5.02 Å². The van der Waals surface area contributed by atoms with E-state index < -0.39 is 35.8 Å². The number of ether oxygens (including phenoxy) is 1. The van der Waals surface area contributed by atoms with Crippen molar-refractivity contribution < 1.29 is 28.7 Å². The number of para-hydroxylation sites is 1. The number of fused-ring (bicyclic) bond motifs is 1. The van der Waals surface area contributed by atoms with Crippen LogP contribution in [-0.4, -0.2) is 35.8 Å². The molecule has 3 rings (SSSR count). The maximum atomic E-state index is 12.8. The minimum absolute atomic E-state index is 0.00129. The van der Waals surface area contributed by atoms with Crippen LogP contribution in [0.4, 0.5) is 10.5 Å². The van der Waals surface area contributed by atoms with E-state index in [1.165, 1.54) is 31.2 Å². The molecule has 0 saturated carbocycles. The van der Waals surface area contributed by atoms with Crippen LogP contribution in [0.3, 0.4) is 0 Å². The van der Waals surface area contributed by atoms with E-state index in [1.807, 2.05) is 0 Å². The van der Waals surface area contributed by atoms with Crippen LogP contribution in [0.1, 0.15) is 38.0 Å². The molecule has 10 heteroatoms. The number of carbonyl (C=O) groups excluding carboxylic acids is 5. The second-order valence-electron chi connectivity index (χ2n) is 6.06. The Labute approximate surface area is 169 Å². The van der Waals surface area contributed by atoms with Crippen molar-refractivity contribution in [3.8, 4) is 0 Å². The summed E-state index contributed by atoms with van der Waals surface area (Å²) in [5.74, 6) is -3.04. The molecule has 3 N–H and O–H groups in total. The van der Waals surface area contributed by atoms with Gasteiger partial charge >= 0.3 is 12.0 Å². The molecule has 0 aliphatic carbocycles. The smallest absolute Gasteiger partial charge is 0.338 e. The van der Waals surface area contributed by atoms with E-state index >= 15 is 0 Å². The molecule has 0 saturated heterocycles. The van der Waals surface area contributed by atoms with Gasteiger partial charge in [0, 0.05) is 0 Å². The Hall–Kier alpha value is -3.72. The summed E-state index contributed by atoms with van der Waals surface area (Å²) in [5, 5.41) is 2.01. The van der Waals surface area contributed by atoms with Gasteiger partial charge in [-0.15, -0.1) is 0 Å². The van der Waals surface area contributed by atoms with Gasteiger partial charge in [-0.1, -0.05) is 23.7 Å². The lowest BCUT2D eigenvalue weighted by Crippen LogP contribution is -2.42. The van der Waals surface area contributed by atoms with Crippen molar-refractivity contribution in [3.05, 3.63) is 64.2 Å². The maximum absolute atomic E-state index is 12.8. The standard InChI is InChI=1S/C19H14ClN3O6/c1-9(15(24)22-19(21)28)29-18(27)10-6-7-11-12(8-10)17(26)23(16(11)25)14-5-3-2-4-13(14)20/h2-9H,1H3,(H3,21,22,24,28)/t9-/m1/s1. The molecule has 2 aromatic rings.